The minimum atomic E-state index is -0.102. The van der Waals surface area contributed by atoms with Crippen LogP contribution in [0.15, 0.2) is 29.1 Å². The highest BCUT2D eigenvalue weighted by molar-refractivity contribution is 5.84. The summed E-state index contributed by atoms with van der Waals surface area (Å²) in [6.45, 7) is 2.40. The second-order valence-corrected chi connectivity index (χ2v) is 9.14. The SMILES string of the molecule is COc1cc(C2CCCCN2C)c2c(=O)[nH]c(N3CCc4cc(OC)c(OC)cc4C3)nc2c1. The predicted molar refractivity (Wildman–Crippen MR) is 132 cm³/mol. The van der Waals surface area contributed by atoms with Crippen LogP contribution in [0, 0.1) is 0 Å². The Bertz CT molecular complexity index is 1270. The topological polar surface area (TPSA) is 79.9 Å². The molecule has 2 aliphatic rings. The van der Waals surface area contributed by atoms with Gasteiger partial charge in [0.15, 0.2) is 11.5 Å². The second kappa shape index (κ2) is 9.18. The lowest BCUT2D eigenvalue weighted by Crippen LogP contribution is -2.34. The molecule has 1 unspecified atom stereocenters. The van der Waals surface area contributed by atoms with Gasteiger partial charge in [-0.1, -0.05) is 6.42 Å². The molecule has 1 aromatic heterocycles. The first-order chi connectivity index (χ1) is 16.5. The average molecular weight is 465 g/mol. The minimum Gasteiger partial charge on any atom is -0.497 e. The number of nitrogens with one attached hydrogen (secondary N) is 1. The van der Waals surface area contributed by atoms with Gasteiger partial charge in [-0.2, -0.15) is 0 Å². The molecular weight excluding hydrogens is 432 g/mol. The summed E-state index contributed by atoms with van der Waals surface area (Å²) in [4.78, 5) is 25.9. The van der Waals surface area contributed by atoms with Crippen molar-refractivity contribution >= 4 is 16.9 Å². The van der Waals surface area contributed by atoms with Crippen LogP contribution in [0.1, 0.15) is 42.0 Å². The van der Waals surface area contributed by atoms with E-state index in [0.29, 0.717) is 29.1 Å². The molecule has 0 bridgehead atoms. The van der Waals surface area contributed by atoms with Crippen LogP contribution in [0.25, 0.3) is 10.9 Å². The molecule has 180 valence electrons. The van der Waals surface area contributed by atoms with Gasteiger partial charge < -0.3 is 19.1 Å². The van der Waals surface area contributed by atoms with E-state index in [1.54, 1.807) is 21.3 Å². The molecule has 1 N–H and O–H groups in total. The molecular formula is C26H32N4O4. The Morgan fingerprint density at radius 2 is 1.74 bits per heavy atom. The fraction of sp³-hybridized carbons (Fsp3) is 0.462. The third-order valence-corrected chi connectivity index (χ3v) is 7.18. The standard InChI is InChI=1S/C26H32N4O4/c1-29-9-6-5-7-21(29)19-13-18(32-2)14-20-24(19)25(31)28-26(27-20)30-10-8-16-11-22(33-3)23(34-4)12-17(16)15-30/h11-14,21H,5-10,15H2,1-4H3,(H,27,28,31). The van der Waals surface area contributed by atoms with Crippen molar-refractivity contribution in [3.8, 4) is 17.2 Å². The number of fused-ring (bicyclic) bond motifs is 2. The maximum Gasteiger partial charge on any atom is 0.260 e. The number of likely N-dealkylation sites (tertiary alicyclic amines) is 1. The summed E-state index contributed by atoms with van der Waals surface area (Å²) in [6.07, 6.45) is 4.18. The highest BCUT2D eigenvalue weighted by atomic mass is 16.5. The summed E-state index contributed by atoms with van der Waals surface area (Å²) in [6, 6.07) is 8.11. The summed E-state index contributed by atoms with van der Waals surface area (Å²) >= 11 is 0. The predicted octanol–water partition coefficient (Wildman–Crippen LogP) is 3.67. The van der Waals surface area contributed by atoms with Crippen LogP contribution in [0.4, 0.5) is 5.95 Å². The lowest BCUT2D eigenvalue weighted by Gasteiger charge is -2.33. The van der Waals surface area contributed by atoms with E-state index in [-0.39, 0.29) is 11.6 Å². The number of nitrogens with zero attached hydrogens (tertiary/aromatic N) is 3. The molecule has 0 aliphatic carbocycles. The number of ether oxygens (including phenoxy) is 3. The van der Waals surface area contributed by atoms with Crippen molar-refractivity contribution in [3.05, 3.63) is 51.3 Å². The molecule has 8 heteroatoms. The summed E-state index contributed by atoms with van der Waals surface area (Å²) in [5, 5.41) is 0.659. The van der Waals surface area contributed by atoms with Crippen LogP contribution >= 0.6 is 0 Å². The van der Waals surface area contributed by atoms with Gasteiger partial charge in [-0.05, 0) is 67.7 Å². The van der Waals surface area contributed by atoms with Gasteiger partial charge in [0, 0.05) is 25.2 Å². The molecule has 0 saturated carbocycles. The number of methoxy groups -OCH3 is 3. The van der Waals surface area contributed by atoms with Gasteiger partial charge in [-0.25, -0.2) is 4.98 Å². The highest BCUT2D eigenvalue weighted by Gasteiger charge is 2.26. The molecule has 0 amide bonds. The summed E-state index contributed by atoms with van der Waals surface area (Å²) in [7, 11) is 7.07. The van der Waals surface area contributed by atoms with Crippen molar-refractivity contribution < 1.29 is 14.2 Å². The molecule has 34 heavy (non-hydrogen) atoms. The van der Waals surface area contributed by atoms with E-state index in [4.69, 9.17) is 19.2 Å². The Hall–Kier alpha value is -3.26. The molecule has 3 heterocycles. The third kappa shape index (κ3) is 3.96. The van der Waals surface area contributed by atoms with Crippen molar-refractivity contribution in [2.24, 2.45) is 0 Å². The molecule has 8 nitrogen and oxygen atoms in total. The van der Waals surface area contributed by atoms with E-state index in [1.807, 2.05) is 24.3 Å². The van der Waals surface area contributed by atoms with Crippen LogP contribution in [0.5, 0.6) is 17.2 Å². The number of H-pyrrole nitrogens is 1. The Balaban J connectivity index is 1.55. The van der Waals surface area contributed by atoms with Crippen LogP contribution in [0.2, 0.25) is 0 Å². The maximum atomic E-state index is 13.4. The van der Waals surface area contributed by atoms with Gasteiger partial charge in [0.1, 0.15) is 5.75 Å². The Labute approximate surface area is 199 Å². The normalized spacial score (nSPS) is 18.6. The van der Waals surface area contributed by atoms with Gasteiger partial charge in [0.05, 0.1) is 32.2 Å². The number of rotatable bonds is 5. The number of hydrogen-bond donors (Lipinski definition) is 1. The average Bonchev–Trinajstić information content (AvgIpc) is 2.86. The number of aromatic nitrogens is 2. The monoisotopic (exact) mass is 464 g/mol. The largest absolute Gasteiger partial charge is 0.497 e. The Morgan fingerprint density at radius 3 is 2.44 bits per heavy atom. The van der Waals surface area contributed by atoms with Crippen molar-refractivity contribution in [2.45, 2.75) is 38.3 Å². The molecule has 0 spiro atoms. The maximum absolute atomic E-state index is 13.4. The Morgan fingerprint density at radius 1 is 0.971 bits per heavy atom. The number of hydrogen-bond acceptors (Lipinski definition) is 7. The fourth-order valence-electron chi connectivity index (χ4n) is 5.33. The number of benzene rings is 2. The van der Waals surface area contributed by atoms with E-state index in [0.717, 1.165) is 55.0 Å². The highest BCUT2D eigenvalue weighted by Crippen LogP contribution is 2.36. The molecule has 2 aliphatic heterocycles. The first kappa shape index (κ1) is 22.5. The van der Waals surface area contributed by atoms with E-state index in [9.17, 15) is 4.79 Å². The fourth-order valence-corrected chi connectivity index (χ4v) is 5.33. The van der Waals surface area contributed by atoms with Gasteiger partial charge in [0.25, 0.3) is 5.56 Å². The lowest BCUT2D eigenvalue weighted by atomic mass is 9.93. The zero-order chi connectivity index (χ0) is 23.8. The number of aromatic amines is 1. The van der Waals surface area contributed by atoms with Crippen molar-refractivity contribution in [3.63, 3.8) is 0 Å². The first-order valence-corrected chi connectivity index (χ1v) is 11.8. The van der Waals surface area contributed by atoms with Gasteiger partial charge >= 0.3 is 0 Å². The van der Waals surface area contributed by atoms with E-state index >= 15 is 0 Å². The van der Waals surface area contributed by atoms with Crippen molar-refractivity contribution in [2.75, 3.05) is 46.4 Å². The van der Waals surface area contributed by atoms with Crippen LogP contribution in [-0.4, -0.2) is 56.3 Å². The summed E-state index contributed by atoms with van der Waals surface area (Å²) in [5.74, 6) is 2.74. The zero-order valence-electron chi connectivity index (χ0n) is 20.3. The van der Waals surface area contributed by atoms with E-state index < -0.39 is 0 Å². The van der Waals surface area contributed by atoms with Crippen LogP contribution in [-0.2, 0) is 13.0 Å². The van der Waals surface area contributed by atoms with Gasteiger partial charge in [-0.15, -0.1) is 0 Å². The molecule has 1 saturated heterocycles. The minimum absolute atomic E-state index is 0.102. The molecule has 0 radical (unpaired) electrons. The smallest absolute Gasteiger partial charge is 0.260 e. The molecule has 5 rings (SSSR count). The lowest BCUT2D eigenvalue weighted by molar-refractivity contribution is 0.188. The third-order valence-electron chi connectivity index (χ3n) is 7.18. The van der Waals surface area contributed by atoms with Crippen LogP contribution in [0.3, 0.4) is 0 Å². The van der Waals surface area contributed by atoms with E-state index in [2.05, 4.69) is 21.8 Å². The number of piperidine rings is 1. The van der Waals surface area contributed by atoms with Gasteiger partial charge in [0.2, 0.25) is 5.95 Å². The zero-order valence-corrected chi connectivity index (χ0v) is 20.3. The summed E-state index contributed by atoms with van der Waals surface area (Å²) < 4.78 is 16.5. The first-order valence-electron chi connectivity index (χ1n) is 11.8. The molecule has 1 fully saturated rings. The number of anilines is 1. The Kier molecular flexibility index (Phi) is 6.08. The molecule has 2 aromatic carbocycles. The van der Waals surface area contributed by atoms with Crippen molar-refractivity contribution in [1.82, 2.24) is 14.9 Å². The van der Waals surface area contributed by atoms with Crippen LogP contribution < -0.4 is 24.7 Å². The van der Waals surface area contributed by atoms with E-state index in [1.165, 1.54) is 12.0 Å². The van der Waals surface area contributed by atoms with Gasteiger partial charge in [-0.3, -0.25) is 14.7 Å². The summed E-state index contributed by atoms with van der Waals surface area (Å²) in [5.41, 5.74) is 3.93. The quantitative estimate of drug-likeness (QED) is 0.617. The van der Waals surface area contributed by atoms with Crippen molar-refractivity contribution in [1.29, 1.82) is 0 Å². The second-order valence-electron chi connectivity index (χ2n) is 9.14. The molecule has 3 aromatic rings. The molecule has 1 atom stereocenters.